The minimum atomic E-state index is -0.576. The van der Waals surface area contributed by atoms with Gasteiger partial charge in [0.15, 0.2) is 6.10 Å². The maximum absolute atomic E-state index is 10.4. The summed E-state index contributed by atoms with van der Waals surface area (Å²) in [6, 6.07) is 1.92. The summed E-state index contributed by atoms with van der Waals surface area (Å²) in [5, 5.41) is 8.50. The Kier molecular flexibility index (Phi) is 4.28. The average molecular weight is 155 g/mol. The molecule has 3 nitrogen and oxygen atoms in total. The number of esters is 1. The Morgan fingerprint density at radius 2 is 2.18 bits per heavy atom. The first-order valence-corrected chi connectivity index (χ1v) is 3.63. The van der Waals surface area contributed by atoms with Crippen LogP contribution in [-0.4, -0.2) is 12.1 Å². The number of nitrogens with zero attached hydrogens (tertiary/aromatic N) is 1. The second-order valence-corrected chi connectivity index (χ2v) is 2.86. The van der Waals surface area contributed by atoms with E-state index in [4.69, 9.17) is 10.00 Å². The molecule has 0 spiro atoms. The molecular formula is C8H13NO2. The molecule has 1 atom stereocenters. The summed E-state index contributed by atoms with van der Waals surface area (Å²) in [6.45, 7) is 5.27. The van der Waals surface area contributed by atoms with E-state index in [1.807, 2.05) is 19.9 Å². The van der Waals surface area contributed by atoms with E-state index < -0.39 is 12.1 Å². The van der Waals surface area contributed by atoms with Gasteiger partial charge in [0.25, 0.3) is 0 Å². The smallest absolute Gasteiger partial charge is 0.303 e. The van der Waals surface area contributed by atoms with Gasteiger partial charge in [0.05, 0.1) is 0 Å². The quantitative estimate of drug-likeness (QED) is 0.580. The number of ether oxygens (including phenoxy) is 1. The van der Waals surface area contributed by atoms with E-state index in [9.17, 15) is 4.79 Å². The third kappa shape index (κ3) is 5.41. The Morgan fingerprint density at radius 3 is 2.45 bits per heavy atom. The minimum absolute atomic E-state index is 0.374. The molecule has 0 heterocycles. The molecular weight excluding hydrogens is 142 g/mol. The van der Waals surface area contributed by atoms with E-state index in [1.54, 1.807) is 0 Å². The first kappa shape index (κ1) is 9.96. The fraction of sp³-hybridized carbons (Fsp3) is 0.750. The molecule has 0 radical (unpaired) electrons. The lowest BCUT2D eigenvalue weighted by atomic mass is 10.1. The van der Waals surface area contributed by atoms with Crippen LogP contribution in [0.25, 0.3) is 0 Å². The maximum atomic E-state index is 10.4. The first-order valence-electron chi connectivity index (χ1n) is 3.63. The lowest BCUT2D eigenvalue weighted by Gasteiger charge is -2.10. The van der Waals surface area contributed by atoms with Gasteiger partial charge in [-0.1, -0.05) is 13.8 Å². The van der Waals surface area contributed by atoms with Crippen LogP contribution in [-0.2, 0) is 9.53 Å². The Bertz CT molecular complexity index is 169. The van der Waals surface area contributed by atoms with Gasteiger partial charge in [0.1, 0.15) is 6.07 Å². The van der Waals surface area contributed by atoms with Crippen molar-refractivity contribution >= 4 is 5.97 Å². The van der Waals surface area contributed by atoms with Crippen LogP contribution >= 0.6 is 0 Å². The number of carbonyl (C=O) groups excluding carboxylic acids is 1. The number of rotatable bonds is 3. The van der Waals surface area contributed by atoms with Gasteiger partial charge in [-0.05, 0) is 5.92 Å². The van der Waals surface area contributed by atoms with E-state index in [1.165, 1.54) is 6.92 Å². The van der Waals surface area contributed by atoms with Gasteiger partial charge in [-0.15, -0.1) is 0 Å². The van der Waals surface area contributed by atoms with Crippen molar-refractivity contribution in [3.05, 3.63) is 0 Å². The van der Waals surface area contributed by atoms with Gasteiger partial charge in [-0.2, -0.15) is 5.26 Å². The van der Waals surface area contributed by atoms with Crippen LogP contribution in [0, 0.1) is 17.2 Å². The summed E-state index contributed by atoms with van der Waals surface area (Å²) in [6.07, 6.45) is 0.0308. The molecule has 0 aromatic carbocycles. The predicted molar refractivity (Wildman–Crippen MR) is 40.6 cm³/mol. The minimum Gasteiger partial charge on any atom is -0.447 e. The summed E-state index contributed by atoms with van der Waals surface area (Å²) in [4.78, 5) is 10.4. The Morgan fingerprint density at radius 1 is 1.64 bits per heavy atom. The summed E-state index contributed by atoms with van der Waals surface area (Å²) in [7, 11) is 0. The molecule has 0 fully saturated rings. The Labute approximate surface area is 67.0 Å². The largest absolute Gasteiger partial charge is 0.447 e. The highest BCUT2D eigenvalue weighted by molar-refractivity contribution is 5.66. The van der Waals surface area contributed by atoms with Crippen LogP contribution in [0.5, 0.6) is 0 Å². The summed E-state index contributed by atoms with van der Waals surface area (Å²) >= 11 is 0. The lowest BCUT2D eigenvalue weighted by Crippen LogP contribution is -2.16. The summed E-state index contributed by atoms with van der Waals surface area (Å²) in [5.74, 6) is -0.0174. The van der Waals surface area contributed by atoms with E-state index in [0.717, 1.165) is 0 Å². The molecule has 0 aliphatic carbocycles. The molecule has 0 bridgehead atoms. The maximum Gasteiger partial charge on any atom is 0.303 e. The molecule has 0 unspecified atom stereocenters. The van der Waals surface area contributed by atoms with Crippen LogP contribution in [0.1, 0.15) is 27.2 Å². The molecule has 0 saturated carbocycles. The van der Waals surface area contributed by atoms with Crippen molar-refractivity contribution in [2.75, 3.05) is 0 Å². The Hall–Kier alpha value is -1.04. The van der Waals surface area contributed by atoms with E-state index in [2.05, 4.69) is 0 Å². The zero-order chi connectivity index (χ0) is 8.85. The zero-order valence-corrected chi connectivity index (χ0v) is 7.13. The number of nitriles is 1. The normalized spacial score (nSPS) is 12.3. The SMILES string of the molecule is CC(=O)O[C@H](C#N)CC(C)C. The molecule has 0 aliphatic heterocycles. The van der Waals surface area contributed by atoms with E-state index >= 15 is 0 Å². The second kappa shape index (κ2) is 4.73. The fourth-order valence-corrected chi connectivity index (χ4v) is 0.756. The van der Waals surface area contributed by atoms with Crippen molar-refractivity contribution in [1.29, 1.82) is 5.26 Å². The monoisotopic (exact) mass is 155 g/mol. The molecule has 62 valence electrons. The number of hydrogen-bond acceptors (Lipinski definition) is 3. The topological polar surface area (TPSA) is 50.1 Å². The second-order valence-electron chi connectivity index (χ2n) is 2.86. The molecule has 0 rings (SSSR count). The fourth-order valence-electron chi connectivity index (χ4n) is 0.756. The van der Waals surface area contributed by atoms with Gasteiger partial charge in [0.2, 0.25) is 0 Å². The number of hydrogen-bond donors (Lipinski definition) is 0. The van der Waals surface area contributed by atoms with Gasteiger partial charge >= 0.3 is 5.97 Å². The highest BCUT2D eigenvalue weighted by Crippen LogP contribution is 2.07. The molecule has 0 aromatic heterocycles. The third-order valence-electron chi connectivity index (χ3n) is 1.14. The molecule has 11 heavy (non-hydrogen) atoms. The van der Waals surface area contributed by atoms with Crippen LogP contribution in [0.3, 0.4) is 0 Å². The lowest BCUT2D eigenvalue weighted by molar-refractivity contribution is -0.144. The summed E-state index contributed by atoms with van der Waals surface area (Å²) < 4.78 is 4.71. The molecule has 0 amide bonds. The molecule has 0 saturated heterocycles. The van der Waals surface area contributed by atoms with Crippen molar-refractivity contribution in [2.24, 2.45) is 5.92 Å². The zero-order valence-electron chi connectivity index (χ0n) is 7.13. The highest BCUT2D eigenvalue weighted by atomic mass is 16.5. The average Bonchev–Trinajstić information content (AvgIpc) is 1.84. The predicted octanol–water partition coefficient (Wildman–Crippen LogP) is 1.49. The molecule has 0 aromatic rings. The van der Waals surface area contributed by atoms with E-state index in [0.29, 0.717) is 12.3 Å². The molecule has 0 N–H and O–H groups in total. The van der Waals surface area contributed by atoms with Gasteiger partial charge in [0, 0.05) is 13.3 Å². The van der Waals surface area contributed by atoms with Crippen LogP contribution in [0.15, 0.2) is 0 Å². The number of carbonyl (C=O) groups is 1. The molecule has 3 heteroatoms. The van der Waals surface area contributed by atoms with Gasteiger partial charge < -0.3 is 4.74 Å². The standard InChI is InChI=1S/C8H13NO2/c1-6(2)4-8(5-9)11-7(3)10/h6,8H,4H2,1-3H3/t8-/m0/s1. The van der Waals surface area contributed by atoms with Gasteiger partial charge in [-0.25, -0.2) is 0 Å². The van der Waals surface area contributed by atoms with E-state index in [-0.39, 0.29) is 0 Å². The van der Waals surface area contributed by atoms with Crippen molar-refractivity contribution in [3.63, 3.8) is 0 Å². The van der Waals surface area contributed by atoms with Crippen molar-refractivity contribution in [2.45, 2.75) is 33.3 Å². The van der Waals surface area contributed by atoms with Crippen molar-refractivity contribution in [1.82, 2.24) is 0 Å². The van der Waals surface area contributed by atoms with Gasteiger partial charge in [-0.3, -0.25) is 4.79 Å². The van der Waals surface area contributed by atoms with Crippen LogP contribution in [0.4, 0.5) is 0 Å². The van der Waals surface area contributed by atoms with Crippen LogP contribution < -0.4 is 0 Å². The molecule has 0 aliphatic rings. The first-order chi connectivity index (χ1) is 5.06. The van der Waals surface area contributed by atoms with Crippen molar-refractivity contribution < 1.29 is 9.53 Å². The third-order valence-corrected chi connectivity index (χ3v) is 1.14. The van der Waals surface area contributed by atoms with Crippen LogP contribution in [0.2, 0.25) is 0 Å². The summed E-state index contributed by atoms with van der Waals surface area (Å²) in [5.41, 5.74) is 0. The van der Waals surface area contributed by atoms with Crippen molar-refractivity contribution in [3.8, 4) is 6.07 Å². The highest BCUT2D eigenvalue weighted by Gasteiger charge is 2.11. The Balaban J connectivity index is 3.79.